The number of urea groups is 1. The van der Waals surface area contributed by atoms with Gasteiger partial charge in [0.15, 0.2) is 0 Å². The molecule has 1 aliphatic rings. The third kappa shape index (κ3) is 1.68. The SMILES string of the molecule is CC1C(=O)NC(=O)N1c1cccc(Cl)c1. The van der Waals surface area contributed by atoms with E-state index >= 15 is 0 Å². The van der Waals surface area contributed by atoms with Gasteiger partial charge in [-0.3, -0.25) is 15.0 Å². The first kappa shape index (κ1) is 9.98. The predicted octanol–water partition coefficient (Wildman–Crippen LogP) is 1.78. The molecule has 1 saturated heterocycles. The monoisotopic (exact) mass is 224 g/mol. The molecule has 0 aromatic heterocycles. The molecule has 0 spiro atoms. The van der Waals surface area contributed by atoms with Gasteiger partial charge in [0.05, 0.1) is 0 Å². The van der Waals surface area contributed by atoms with Crippen LogP contribution in [0.4, 0.5) is 10.5 Å². The summed E-state index contributed by atoms with van der Waals surface area (Å²) in [4.78, 5) is 24.1. The Labute approximate surface area is 91.8 Å². The van der Waals surface area contributed by atoms with Crippen molar-refractivity contribution in [1.29, 1.82) is 0 Å². The van der Waals surface area contributed by atoms with Gasteiger partial charge in [-0.05, 0) is 25.1 Å². The highest BCUT2D eigenvalue weighted by atomic mass is 35.5. The van der Waals surface area contributed by atoms with Gasteiger partial charge >= 0.3 is 6.03 Å². The van der Waals surface area contributed by atoms with Crippen molar-refractivity contribution in [3.63, 3.8) is 0 Å². The van der Waals surface area contributed by atoms with Crippen LogP contribution in [0.5, 0.6) is 0 Å². The van der Waals surface area contributed by atoms with Gasteiger partial charge in [0.1, 0.15) is 6.04 Å². The topological polar surface area (TPSA) is 49.4 Å². The Morgan fingerprint density at radius 2 is 2.13 bits per heavy atom. The Kier molecular flexibility index (Phi) is 2.36. The van der Waals surface area contributed by atoms with Crippen LogP contribution in [0.25, 0.3) is 0 Å². The lowest BCUT2D eigenvalue weighted by molar-refractivity contribution is -0.119. The maximum Gasteiger partial charge on any atom is 0.329 e. The summed E-state index contributed by atoms with van der Waals surface area (Å²) in [5.41, 5.74) is 0.623. The van der Waals surface area contributed by atoms with E-state index in [0.717, 1.165) is 0 Å². The largest absolute Gasteiger partial charge is 0.329 e. The third-order valence-electron chi connectivity index (χ3n) is 2.30. The molecule has 1 fully saturated rings. The molecule has 1 N–H and O–H groups in total. The fourth-order valence-corrected chi connectivity index (χ4v) is 1.71. The fraction of sp³-hybridized carbons (Fsp3) is 0.200. The van der Waals surface area contributed by atoms with Crippen LogP contribution in [-0.4, -0.2) is 18.0 Å². The van der Waals surface area contributed by atoms with E-state index in [2.05, 4.69) is 5.32 Å². The minimum absolute atomic E-state index is 0.292. The molecular formula is C10H9ClN2O2. The molecule has 15 heavy (non-hydrogen) atoms. The van der Waals surface area contributed by atoms with Gasteiger partial charge in [-0.15, -0.1) is 0 Å². The summed E-state index contributed by atoms with van der Waals surface area (Å²) >= 11 is 5.81. The first-order chi connectivity index (χ1) is 7.09. The van der Waals surface area contributed by atoms with Crippen molar-refractivity contribution < 1.29 is 9.59 Å². The van der Waals surface area contributed by atoms with Crippen molar-refractivity contribution in [2.45, 2.75) is 13.0 Å². The highest BCUT2D eigenvalue weighted by Gasteiger charge is 2.35. The molecule has 1 unspecified atom stereocenters. The molecular weight excluding hydrogens is 216 g/mol. The Hall–Kier alpha value is -1.55. The summed E-state index contributed by atoms with van der Waals surface area (Å²) in [6.07, 6.45) is 0. The summed E-state index contributed by atoms with van der Waals surface area (Å²) in [7, 11) is 0. The van der Waals surface area contributed by atoms with E-state index in [9.17, 15) is 9.59 Å². The molecule has 0 saturated carbocycles. The van der Waals surface area contributed by atoms with Crippen molar-refractivity contribution >= 4 is 29.2 Å². The van der Waals surface area contributed by atoms with Crippen LogP contribution in [0.15, 0.2) is 24.3 Å². The van der Waals surface area contributed by atoms with Crippen LogP contribution in [0.3, 0.4) is 0 Å². The van der Waals surface area contributed by atoms with Crippen molar-refractivity contribution in [1.82, 2.24) is 5.32 Å². The first-order valence-corrected chi connectivity index (χ1v) is 4.87. The summed E-state index contributed by atoms with van der Waals surface area (Å²) in [5, 5.41) is 2.77. The van der Waals surface area contributed by atoms with Crippen LogP contribution >= 0.6 is 11.6 Å². The Morgan fingerprint density at radius 1 is 1.40 bits per heavy atom. The normalized spacial score (nSPS) is 20.7. The zero-order valence-electron chi connectivity index (χ0n) is 8.03. The summed E-state index contributed by atoms with van der Waals surface area (Å²) in [5.74, 6) is -0.292. The van der Waals surface area contributed by atoms with Crippen LogP contribution in [-0.2, 0) is 4.79 Å². The maximum absolute atomic E-state index is 11.5. The average molecular weight is 225 g/mol. The van der Waals surface area contributed by atoms with Gasteiger partial charge in [-0.25, -0.2) is 4.79 Å². The number of rotatable bonds is 1. The second-order valence-corrected chi connectivity index (χ2v) is 3.76. The number of carbonyl (C=O) groups is 2. The molecule has 5 heteroatoms. The van der Waals surface area contributed by atoms with Crippen molar-refractivity contribution in [3.8, 4) is 0 Å². The van der Waals surface area contributed by atoms with Crippen molar-refractivity contribution in [2.75, 3.05) is 4.90 Å². The molecule has 1 heterocycles. The number of nitrogens with zero attached hydrogens (tertiary/aromatic N) is 1. The molecule has 2 rings (SSSR count). The molecule has 3 amide bonds. The molecule has 4 nitrogen and oxygen atoms in total. The highest BCUT2D eigenvalue weighted by molar-refractivity contribution is 6.31. The lowest BCUT2D eigenvalue weighted by atomic mass is 10.2. The number of imide groups is 1. The van der Waals surface area contributed by atoms with Gasteiger partial charge in [-0.2, -0.15) is 0 Å². The maximum atomic E-state index is 11.5. The van der Waals surface area contributed by atoms with Crippen LogP contribution in [0.2, 0.25) is 5.02 Å². The van der Waals surface area contributed by atoms with E-state index in [1.54, 1.807) is 31.2 Å². The quantitative estimate of drug-likeness (QED) is 0.740. The lowest BCUT2D eigenvalue weighted by Gasteiger charge is -2.18. The lowest BCUT2D eigenvalue weighted by Crippen LogP contribution is -2.32. The van der Waals surface area contributed by atoms with Crippen molar-refractivity contribution in [3.05, 3.63) is 29.3 Å². The second-order valence-electron chi connectivity index (χ2n) is 3.32. The average Bonchev–Trinajstić information content (AvgIpc) is 2.41. The number of nitrogens with one attached hydrogen (secondary N) is 1. The Morgan fingerprint density at radius 3 is 2.67 bits per heavy atom. The molecule has 1 aromatic carbocycles. The Balaban J connectivity index is 2.39. The number of carbonyl (C=O) groups excluding carboxylic acids is 2. The van der Waals surface area contributed by atoms with E-state index in [-0.39, 0.29) is 5.91 Å². The number of hydrogen-bond acceptors (Lipinski definition) is 2. The molecule has 0 bridgehead atoms. The van der Waals surface area contributed by atoms with Gasteiger partial charge < -0.3 is 0 Å². The van der Waals surface area contributed by atoms with Crippen molar-refractivity contribution in [2.24, 2.45) is 0 Å². The number of anilines is 1. The fourth-order valence-electron chi connectivity index (χ4n) is 1.53. The molecule has 1 aliphatic heterocycles. The number of hydrogen-bond donors (Lipinski definition) is 1. The number of benzene rings is 1. The van der Waals surface area contributed by atoms with Gasteiger partial charge in [0.25, 0.3) is 5.91 Å². The third-order valence-corrected chi connectivity index (χ3v) is 2.54. The standard InChI is InChI=1S/C10H9ClN2O2/c1-6-9(14)12-10(15)13(6)8-4-2-3-7(11)5-8/h2-6H,1H3,(H,12,14,15). The zero-order chi connectivity index (χ0) is 11.0. The predicted molar refractivity (Wildman–Crippen MR) is 56.9 cm³/mol. The van der Waals surface area contributed by atoms with E-state index in [0.29, 0.717) is 10.7 Å². The van der Waals surface area contributed by atoms with E-state index in [4.69, 9.17) is 11.6 Å². The van der Waals surface area contributed by atoms with Gasteiger partial charge in [0, 0.05) is 10.7 Å². The van der Waals surface area contributed by atoms with Gasteiger partial charge in [0.2, 0.25) is 0 Å². The van der Waals surface area contributed by atoms with E-state index in [1.807, 2.05) is 0 Å². The molecule has 1 aromatic rings. The molecule has 0 radical (unpaired) electrons. The molecule has 78 valence electrons. The number of amides is 3. The van der Waals surface area contributed by atoms with E-state index in [1.165, 1.54) is 4.90 Å². The highest BCUT2D eigenvalue weighted by Crippen LogP contribution is 2.23. The van der Waals surface area contributed by atoms with Crippen LogP contribution < -0.4 is 10.2 Å². The second kappa shape index (κ2) is 3.55. The summed E-state index contributed by atoms with van der Waals surface area (Å²) < 4.78 is 0. The Bertz CT molecular complexity index is 433. The van der Waals surface area contributed by atoms with Gasteiger partial charge in [-0.1, -0.05) is 17.7 Å². The molecule has 1 atom stereocenters. The zero-order valence-corrected chi connectivity index (χ0v) is 8.78. The first-order valence-electron chi connectivity index (χ1n) is 4.49. The number of halogens is 1. The van der Waals surface area contributed by atoms with Crippen LogP contribution in [0.1, 0.15) is 6.92 Å². The molecule has 0 aliphatic carbocycles. The minimum atomic E-state index is -0.490. The smallest absolute Gasteiger partial charge is 0.282 e. The van der Waals surface area contributed by atoms with E-state index < -0.39 is 12.1 Å². The van der Waals surface area contributed by atoms with Crippen LogP contribution in [0, 0.1) is 0 Å². The summed E-state index contributed by atoms with van der Waals surface area (Å²) in [6.45, 7) is 1.67. The minimum Gasteiger partial charge on any atom is -0.282 e. The summed E-state index contributed by atoms with van der Waals surface area (Å²) in [6, 6.07) is 5.94.